The maximum Gasteiger partial charge on any atom is 0.224 e. The van der Waals surface area contributed by atoms with Crippen molar-refractivity contribution in [2.24, 2.45) is 0 Å². The molecule has 0 atom stereocenters. The van der Waals surface area contributed by atoms with Gasteiger partial charge in [0.15, 0.2) is 5.82 Å². The molecule has 1 aromatic rings. The lowest BCUT2D eigenvalue weighted by atomic mass is 10.0. The van der Waals surface area contributed by atoms with E-state index in [9.17, 15) is 5.11 Å². The average molecular weight is 285 g/mol. The lowest BCUT2D eigenvalue weighted by Gasteiger charge is -2.23. The fourth-order valence-electron chi connectivity index (χ4n) is 2.27. The van der Waals surface area contributed by atoms with Crippen LogP contribution in [0.5, 0.6) is 0 Å². The summed E-state index contributed by atoms with van der Waals surface area (Å²) < 4.78 is 0. The first kappa shape index (κ1) is 14.3. The monoisotopic (exact) mass is 284 g/mol. The Morgan fingerprint density at radius 2 is 2.11 bits per heavy atom. The first-order chi connectivity index (χ1) is 9.13. The highest BCUT2D eigenvalue weighted by Crippen LogP contribution is 2.30. The molecule has 1 heterocycles. The standard InChI is InChI=1S/C13H21ClN4O/c1-2-7-15-12-16-8-10(14)11(18-12)17-9-13(19)5-3-4-6-13/h8,19H,2-7,9H2,1H3,(H2,15,16,17,18). The van der Waals surface area contributed by atoms with E-state index in [4.69, 9.17) is 11.6 Å². The predicted molar refractivity (Wildman–Crippen MR) is 77.7 cm³/mol. The van der Waals surface area contributed by atoms with Gasteiger partial charge in [0.1, 0.15) is 5.02 Å². The molecule has 0 bridgehead atoms. The Labute approximate surface area is 118 Å². The lowest BCUT2D eigenvalue weighted by molar-refractivity contribution is 0.0614. The van der Waals surface area contributed by atoms with Crippen LogP contribution in [0, 0.1) is 0 Å². The largest absolute Gasteiger partial charge is 0.388 e. The van der Waals surface area contributed by atoms with Crippen LogP contribution in [-0.2, 0) is 0 Å². The van der Waals surface area contributed by atoms with Gasteiger partial charge in [0.05, 0.1) is 11.8 Å². The number of anilines is 2. The third-order valence-electron chi connectivity index (χ3n) is 3.40. The molecule has 1 fully saturated rings. The highest BCUT2D eigenvalue weighted by atomic mass is 35.5. The molecule has 1 aromatic heterocycles. The second kappa shape index (κ2) is 6.39. The van der Waals surface area contributed by atoms with Gasteiger partial charge in [-0.2, -0.15) is 4.98 Å². The summed E-state index contributed by atoms with van der Waals surface area (Å²) in [7, 11) is 0. The van der Waals surface area contributed by atoms with Gasteiger partial charge >= 0.3 is 0 Å². The molecule has 0 aromatic carbocycles. The van der Waals surface area contributed by atoms with Gasteiger partial charge in [-0.3, -0.25) is 0 Å². The van der Waals surface area contributed by atoms with E-state index < -0.39 is 5.60 Å². The second-order valence-corrected chi connectivity index (χ2v) is 5.51. The Kier molecular flexibility index (Phi) is 4.82. The van der Waals surface area contributed by atoms with Crippen molar-refractivity contribution in [3.05, 3.63) is 11.2 Å². The van der Waals surface area contributed by atoms with Crippen molar-refractivity contribution in [3.63, 3.8) is 0 Å². The third kappa shape index (κ3) is 3.94. The molecule has 0 aliphatic heterocycles. The molecule has 0 amide bonds. The van der Waals surface area contributed by atoms with E-state index in [2.05, 4.69) is 27.5 Å². The minimum absolute atomic E-state index is 0.476. The molecule has 106 valence electrons. The van der Waals surface area contributed by atoms with Gasteiger partial charge in [0.2, 0.25) is 5.95 Å². The smallest absolute Gasteiger partial charge is 0.224 e. The minimum atomic E-state index is -0.620. The summed E-state index contributed by atoms with van der Waals surface area (Å²) in [4.78, 5) is 8.44. The van der Waals surface area contributed by atoms with E-state index in [-0.39, 0.29) is 0 Å². The number of nitrogens with zero attached hydrogens (tertiary/aromatic N) is 2. The molecule has 0 spiro atoms. The second-order valence-electron chi connectivity index (χ2n) is 5.10. The van der Waals surface area contributed by atoms with Crippen LogP contribution in [0.2, 0.25) is 5.02 Å². The summed E-state index contributed by atoms with van der Waals surface area (Å²) in [5.74, 6) is 1.14. The number of halogens is 1. The number of nitrogens with one attached hydrogen (secondary N) is 2. The van der Waals surface area contributed by atoms with Crippen LogP contribution in [0.3, 0.4) is 0 Å². The number of hydrogen-bond acceptors (Lipinski definition) is 5. The molecular weight excluding hydrogens is 264 g/mol. The van der Waals surface area contributed by atoms with E-state index in [1.54, 1.807) is 6.20 Å². The van der Waals surface area contributed by atoms with E-state index >= 15 is 0 Å². The van der Waals surface area contributed by atoms with Crippen molar-refractivity contribution in [2.45, 2.75) is 44.6 Å². The van der Waals surface area contributed by atoms with Gasteiger partial charge in [-0.25, -0.2) is 4.98 Å². The molecular formula is C13H21ClN4O. The zero-order chi connectivity index (χ0) is 13.7. The molecule has 1 aliphatic carbocycles. The van der Waals surface area contributed by atoms with Crippen molar-refractivity contribution in [2.75, 3.05) is 23.7 Å². The Hall–Kier alpha value is -1.07. The third-order valence-corrected chi connectivity index (χ3v) is 3.67. The topological polar surface area (TPSA) is 70.1 Å². The Bertz CT molecular complexity index is 421. The number of aromatic nitrogens is 2. The quantitative estimate of drug-likeness (QED) is 0.749. The van der Waals surface area contributed by atoms with Gasteiger partial charge < -0.3 is 15.7 Å². The first-order valence-corrected chi connectivity index (χ1v) is 7.23. The molecule has 0 radical (unpaired) electrons. The Morgan fingerprint density at radius 3 is 2.79 bits per heavy atom. The van der Waals surface area contributed by atoms with Crippen molar-refractivity contribution in [1.29, 1.82) is 0 Å². The summed E-state index contributed by atoms with van der Waals surface area (Å²) in [6, 6.07) is 0. The van der Waals surface area contributed by atoms with Crippen LogP contribution in [0.1, 0.15) is 39.0 Å². The van der Waals surface area contributed by atoms with Crippen molar-refractivity contribution >= 4 is 23.4 Å². The highest BCUT2D eigenvalue weighted by Gasteiger charge is 2.31. The normalized spacial score (nSPS) is 17.4. The molecule has 1 aliphatic rings. The lowest BCUT2D eigenvalue weighted by Crippen LogP contribution is -2.33. The summed E-state index contributed by atoms with van der Waals surface area (Å²) in [6.45, 7) is 3.39. The minimum Gasteiger partial charge on any atom is -0.388 e. The SMILES string of the molecule is CCCNc1ncc(Cl)c(NCC2(O)CCCC2)n1. The Balaban J connectivity index is 1.98. The molecule has 0 saturated heterocycles. The van der Waals surface area contributed by atoms with Crippen LogP contribution in [0.15, 0.2) is 6.20 Å². The molecule has 19 heavy (non-hydrogen) atoms. The number of rotatable bonds is 6. The zero-order valence-corrected chi connectivity index (χ0v) is 12.0. The molecule has 3 N–H and O–H groups in total. The van der Waals surface area contributed by atoms with Gasteiger partial charge in [-0.15, -0.1) is 0 Å². The fraction of sp³-hybridized carbons (Fsp3) is 0.692. The molecule has 1 saturated carbocycles. The van der Waals surface area contributed by atoms with Crippen LogP contribution in [0.25, 0.3) is 0 Å². The molecule has 2 rings (SSSR count). The van der Waals surface area contributed by atoms with E-state index in [1.807, 2.05) is 0 Å². The van der Waals surface area contributed by atoms with Crippen molar-refractivity contribution < 1.29 is 5.11 Å². The number of hydrogen-bond donors (Lipinski definition) is 3. The summed E-state index contributed by atoms with van der Waals surface area (Å²) >= 11 is 6.06. The van der Waals surface area contributed by atoms with E-state index in [0.717, 1.165) is 38.6 Å². The van der Waals surface area contributed by atoms with Crippen molar-refractivity contribution in [1.82, 2.24) is 9.97 Å². The first-order valence-electron chi connectivity index (χ1n) is 6.86. The van der Waals surface area contributed by atoms with Crippen molar-refractivity contribution in [3.8, 4) is 0 Å². The number of aliphatic hydroxyl groups is 1. The van der Waals surface area contributed by atoms with Gasteiger partial charge in [0, 0.05) is 13.1 Å². The van der Waals surface area contributed by atoms with Crippen LogP contribution in [0.4, 0.5) is 11.8 Å². The predicted octanol–water partition coefficient (Wildman–Crippen LogP) is 2.67. The fourth-order valence-corrected chi connectivity index (χ4v) is 2.43. The average Bonchev–Trinajstić information content (AvgIpc) is 2.84. The Morgan fingerprint density at radius 1 is 1.37 bits per heavy atom. The highest BCUT2D eigenvalue weighted by molar-refractivity contribution is 6.32. The molecule has 0 unspecified atom stereocenters. The maximum atomic E-state index is 10.3. The zero-order valence-electron chi connectivity index (χ0n) is 11.2. The molecule has 5 nitrogen and oxygen atoms in total. The summed E-state index contributed by atoms with van der Waals surface area (Å²) in [6.07, 6.45) is 6.42. The van der Waals surface area contributed by atoms with E-state index in [1.165, 1.54) is 0 Å². The van der Waals surface area contributed by atoms with Gasteiger partial charge in [0.25, 0.3) is 0 Å². The van der Waals surface area contributed by atoms with Crippen LogP contribution < -0.4 is 10.6 Å². The van der Waals surface area contributed by atoms with Crippen LogP contribution >= 0.6 is 11.6 Å². The van der Waals surface area contributed by atoms with Gasteiger partial charge in [-0.05, 0) is 19.3 Å². The maximum absolute atomic E-state index is 10.3. The van der Waals surface area contributed by atoms with Gasteiger partial charge in [-0.1, -0.05) is 31.4 Å². The summed E-state index contributed by atoms with van der Waals surface area (Å²) in [5.41, 5.74) is -0.620. The molecule has 6 heteroatoms. The summed E-state index contributed by atoms with van der Waals surface area (Å²) in [5, 5.41) is 17.0. The van der Waals surface area contributed by atoms with Crippen LogP contribution in [-0.4, -0.2) is 33.8 Å². The van der Waals surface area contributed by atoms with E-state index in [0.29, 0.717) is 23.3 Å².